The first-order chi connectivity index (χ1) is 13.6. The van der Waals surface area contributed by atoms with Crippen LogP contribution in [0.25, 0.3) is 0 Å². The molecule has 28 heavy (non-hydrogen) atoms. The van der Waals surface area contributed by atoms with Gasteiger partial charge in [-0.1, -0.05) is 42.5 Å². The van der Waals surface area contributed by atoms with Crippen LogP contribution in [0.4, 0.5) is 0 Å². The highest BCUT2D eigenvalue weighted by Gasteiger charge is 2.18. The maximum absolute atomic E-state index is 12.3. The van der Waals surface area contributed by atoms with E-state index >= 15 is 0 Å². The van der Waals surface area contributed by atoms with Crippen LogP contribution < -0.4 is 10.1 Å². The Balaban J connectivity index is 1.39. The molecule has 1 amide bonds. The van der Waals surface area contributed by atoms with E-state index in [1.807, 2.05) is 49.4 Å². The number of thioether (sulfide) groups is 1. The zero-order chi connectivity index (χ0) is 19.8. The average molecular weight is 399 g/mol. The number of likely N-dealkylation sites (tertiary alicyclic amines) is 1. The SMILES string of the molecule is C[C@H](SCc1ccccc1)C(=O)NCc1ccc(OC2CCN(C)CC2)cc1. The monoisotopic (exact) mass is 398 g/mol. The molecule has 4 nitrogen and oxygen atoms in total. The second-order valence-corrected chi connectivity index (χ2v) is 8.75. The predicted octanol–water partition coefficient (Wildman–Crippen LogP) is 4.10. The maximum atomic E-state index is 12.3. The summed E-state index contributed by atoms with van der Waals surface area (Å²) in [4.78, 5) is 14.7. The Bertz CT molecular complexity index is 728. The van der Waals surface area contributed by atoms with Crippen molar-refractivity contribution in [3.8, 4) is 5.75 Å². The topological polar surface area (TPSA) is 41.6 Å². The lowest BCUT2D eigenvalue weighted by Crippen LogP contribution is -2.35. The van der Waals surface area contributed by atoms with Crippen molar-refractivity contribution in [1.82, 2.24) is 10.2 Å². The van der Waals surface area contributed by atoms with Crippen LogP contribution in [0.3, 0.4) is 0 Å². The van der Waals surface area contributed by atoms with Crippen molar-refractivity contribution in [2.45, 2.75) is 43.4 Å². The number of amides is 1. The molecule has 1 atom stereocenters. The van der Waals surface area contributed by atoms with E-state index in [0.717, 1.165) is 43.0 Å². The zero-order valence-electron chi connectivity index (χ0n) is 16.8. The molecule has 1 aliphatic heterocycles. The molecule has 0 bridgehead atoms. The molecule has 1 heterocycles. The minimum Gasteiger partial charge on any atom is -0.490 e. The fourth-order valence-electron chi connectivity index (χ4n) is 3.19. The fraction of sp³-hybridized carbons (Fsp3) is 0.435. The van der Waals surface area contributed by atoms with Gasteiger partial charge in [0.15, 0.2) is 0 Å². The molecule has 1 N–H and O–H groups in total. The van der Waals surface area contributed by atoms with E-state index in [9.17, 15) is 4.79 Å². The number of nitrogens with zero attached hydrogens (tertiary/aromatic N) is 1. The van der Waals surface area contributed by atoms with Gasteiger partial charge in [-0.2, -0.15) is 0 Å². The van der Waals surface area contributed by atoms with Crippen molar-refractivity contribution < 1.29 is 9.53 Å². The molecule has 5 heteroatoms. The summed E-state index contributed by atoms with van der Waals surface area (Å²) in [6, 6.07) is 18.3. The summed E-state index contributed by atoms with van der Waals surface area (Å²) in [5.74, 6) is 1.84. The number of ether oxygens (including phenoxy) is 1. The summed E-state index contributed by atoms with van der Waals surface area (Å²) < 4.78 is 6.08. The molecule has 0 aliphatic carbocycles. The summed E-state index contributed by atoms with van der Waals surface area (Å²) in [6.45, 7) is 4.69. The molecule has 1 saturated heterocycles. The normalized spacial score (nSPS) is 16.5. The van der Waals surface area contributed by atoms with Crippen LogP contribution in [0.5, 0.6) is 5.75 Å². The summed E-state index contributed by atoms with van der Waals surface area (Å²) in [6.07, 6.45) is 2.46. The molecule has 0 radical (unpaired) electrons. The maximum Gasteiger partial charge on any atom is 0.233 e. The molecule has 2 aromatic rings. The van der Waals surface area contributed by atoms with Gasteiger partial charge in [0.1, 0.15) is 11.9 Å². The third-order valence-electron chi connectivity index (χ3n) is 5.07. The highest BCUT2D eigenvalue weighted by atomic mass is 32.2. The quantitative estimate of drug-likeness (QED) is 0.727. The summed E-state index contributed by atoms with van der Waals surface area (Å²) in [5.41, 5.74) is 2.33. The van der Waals surface area contributed by atoms with E-state index in [2.05, 4.69) is 29.4 Å². The fourth-order valence-corrected chi connectivity index (χ4v) is 4.05. The number of carbonyl (C=O) groups excluding carboxylic acids is 1. The molecular weight excluding hydrogens is 368 g/mol. The number of benzene rings is 2. The van der Waals surface area contributed by atoms with Crippen molar-refractivity contribution in [2.24, 2.45) is 0 Å². The van der Waals surface area contributed by atoms with Crippen LogP contribution in [0.15, 0.2) is 54.6 Å². The van der Waals surface area contributed by atoms with Crippen molar-refractivity contribution in [3.63, 3.8) is 0 Å². The average Bonchev–Trinajstić information content (AvgIpc) is 2.73. The molecule has 1 aliphatic rings. The second kappa shape index (κ2) is 10.5. The van der Waals surface area contributed by atoms with Gasteiger partial charge in [0.2, 0.25) is 5.91 Å². The Hall–Kier alpha value is -1.98. The standard InChI is InChI=1S/C23H30N2O2S/c1-18(28-17-20-6-4-3-5-7-20)23(26)24-16-19-8-10-21(11-9-19)27-22-12-14-25(2)15-13-22/h3-11,18,22H,12-17H2,1-2H3,(H,24,26)/t18-/m0/s1. The third-order valence-corrected chi connectivity index (χ3v) is 6.28. The van der Waals surface area contributed by atoms with Crippen LogP contribution in [0.1, 0.15) is 30.9 Å². The molecule has 3 rings (SSSR count). The highest BCUT2D eigenvalue weighted by Crippen LogP contribution is 2.20. The number of rotatable bonds is 8. The number of carbonyl (C=O) groups is 1. The highest BCUT2D eigenvalue weighted by molar-refractivity contribution is 7.99. The number of nitrogens with one attached hydrogen (secondary N) is 1. The third kappa shape index (κ3) is 6.57. The predicted molar refractivity (Wildman–Crippen MR) is 117 cm³/mol. The van der Waals surface area contributed by atoms with Crippen molar-refractivity contribution in [1.29, 1.82) is 0 Å². The van der Waals surface area contributed by atoms with Crippen molar-refractivity contribution >= 4 is 17.7 Å². The van der Waals surface area contributed by atoms with Crippen LogP contribution in [0, 0.1) is 0 Å². The van der Waals surface area contributed by atoms with E-state index in [0.29, 0.717) is 12.6 Å². The van der Waals surface area contributed by atoms with Gasteiger partial charge in [0.05, 0.1) is 5.25 Å². The van der Waals surface area contributed by atoms with E-state index in [4.69, 9.17) is 4.74 Å². The molecule has 0 spiro atoms. The Morgan fingerprint density at radius 3 is 2.46 bits per heavy atom. The van der Waals surface area contributed by atoms with Gasteiger partial charge < -0.3 is 15.0 Å². The number of hydrogen-bond donors (Lipinski definition) is 1. The van der Waals surface area contributed by atoms with E-state index in [1.165, 1.54) is 5.56 Å². The Kier molecular flexibility index (Phi) is 7.80. The first-order valence-electron chi connectivity index (χ1n) is 9.97. The second-order valence-electron chi connectivity index (χ2n) is 7.42. The van der Waals surface area contributed by atoms with Crippen molar-refractivity contribution in [2.75, 3.05) is 20.1 Å². The molecule has 0 saturated carbocycles. The molecular formula is C23H30N2O2S. The van der Waals surface area contributed by atoms with Crippen molar-refractivity contribution in [3.05, 3.63) is 65.7 Å². The Labute approximate surface area is 172 Å². The van der Waals surface area contributed by atoms with Crippen LogP contribution in [-0.2, 0) is 17.1 Å². The van der Waals surface area contributed by atoms with Crippen LogP contribution in [-0.4, -0.2) is 42.3 Å². The van der Waals surface area contributed by atoms with Gasteiger partial charge in [-0.25, -0.2) is 0 Å². The summed E-state index contributed by atoms with van der Waals surface area (Å²) in [7, 11) is 2.15. The Morgan fingerprint density at radius 1 is 1.11 bits per heavy atom. The minimum atomic E-state index is -0.0766. The zero-order valence-corrected chi connectivity index (χ0v) is 17.6. The van der Waals surface area contributed by atoms with Gasteiger partial charge in [-0.15, -0.1) is 11.8 Å². The summed E-state index contributed by atoms with van der Waals surface area (Å²) >= 11 is 1.66. The smallest absolute Gasteiger partial charge is 0.233 e. The van der Waals surface area contributed by atoms with E-state index in [-0.39, 0.29) is 11.2 Å². The van der Waals surface area contributed by atoms with Gasteiger partial charge in [-0.05, 0) is 50.1 Å². The molecule has 150 valence electrons. The largest absolute Gasteiger partial charge is 0.490 e. The van der Waals surface area contributed by atoms with Crippen LogP contribution in [0.2, 0.25) is 0 Å². The lowest BCUT2D eigenvalue weighted by Gasteiger charge is -2.29. The van der Waals surface area contributed by atoms with Gasteiger partial charge >= 0.3 is 0 Å². The first-order valence-corrected chi connectivity index (χ1v) is 11.0. The van der Waals surface area contributed by atoms with E-state index < -0.39 is 0 Å². The molecule has 2 aromatic carbocycles. The van der Waals surface area contributed by atoms with Crippen LogP contribution >= 0.6 is 11.8 Å². The number of hydrogen-bond acceptors (Lipinski definition) is 4. The van der Waals surface area contributed by atoms with E-state index in [1.54, 1.807) is 11.8 Å². The number of piperidine rings is 1. The summed E-state index contributed by atoms with van der Waals surface area (Å²) in [5, 5.41) is 2.96. The van der Waals surface area contributed by atoms with Gasteiger partial charge in [0.25, 0.3) is 0 Å². The molecule has 1 fully saturated rings. The lowest BCUT2D eigenvalue weighted by molar-refractivity contribution is -0.120. The molecule has 0 aromatic heterocycles. The van der Waals surface area contributed by atoms with Gasteiger partial charge in [-0.3, -0.25) is 4.79 Å². The minimum absolute atomic E-state index is 0.0765. The molecule has 0 unspecified atom stereocenters. The van der Waals surface area contributed by atoms with Gasteiger partial charge in [0, 0.05) is 25.4 Å². The Morgan fingerprint density at radius 2 is 1.79 bits per heavy atom. The first kappa shape index (κ1) is 20.7. The lowest BCUT2D eigenvalue weighted by atomic mass is 10.1.